The van der Waals surface area contributed by atoms with Gasteiger partial charge in [0.1, 0.15) is 5.54 Å². The number of halogens is 1. The highest BCUT2D eigenvalue weighted by molar-refractivity contribution is 6.59. The van der Waals surface area contributed by atoms with Gasteiger partial charge in [0.25, 0.3) is 0 Å². The van der Waals surface area contributed by atoms with Crippen LogP contribution in [0.15, 0.2) is 18.2 Å². The van der Waals surface area contributed by atoms with Gasteiger partial charge in [-0.3, -0.25) is 4.79 Å². The molecule has 0 radical (unpaired) electrons. The zero-order chi connectivity index (χ0) is 13.2. The van der Waals surface area contributed by atoms with E-state index in [-0.39, 0.29) is 16.9 Å². The molecule has 17 heavy (non-hydrogen) atoms. The summed E-state index contributed by atoms with van der Waals surface area (Å²) in [6.45, 7) is 1.39. The number of benzene rings is 1. The summed E-state index contributed by atoms with van der Waals surface area (Å²) in [5.41, 5.74) is 4.98. The number of rotatable bonds is 4. The van der Waals surface area contributed by atoms with Gasteiger partial charge < -0.3 is 20.9 Å². The molecule has 0 unspecified atom stereocenters. The monoisotopic (exact) mass is 257 g/mol. The Morgan fingerprint density at radius 3 is 2.53 bits per heavy atom. The average Bonchev–Trinajstić information content (AvgIpc) is 2.20. The molecule has 0 spiro atoms. The lowest BCUT2D eigenvalue weighted by Crippen LogP contribution is -2.47. The van der Waals surface area contributed by atoms with Gasteiger partial charge in [0.15, 0.2) is 0 Å². The van der Waals surface area contributed by atoms with E-state index >= 15 is 0 Å². The van der Waals surface area contributed by atoms with E-state index in [2.05, 4.69) is 0 Å². The van der Waals surface area contributed by atoms with Crippen molar-refractivity contribution in [3.05, 3.63) is 28.8 Å². The van der Waals surface area contributed by atoms with Gasteiger partial charge in [0.2, 0.25) is 0 Å². The van der Waals surface area contributed by atoms with Crippen LogP contribution in [-0.4, -0.2) is 33.8 Å². The number of hydrogen-bond acceptors (Lipinski definition) is 4. The smallest absolute Gasteiger partial charge is 0.480 e. The Hall–Kier alpha value is -1.08. The minimum absolute atomic E-state index is 0.0585. The number of carbonyl (C=O) groups is 1. The fourth-order valence-electron chi connectivity index (χ4n) is 1.34. The van der Waals surface area contributed by atoms with E-state index in [9.17, 15) is 4.79 Å². The maximum atomic E-state index is 10.9. The second-order valence-electron chi connectivity index (χ2n) is 4.12. The first kappa shape index (κ1) is 14.0. The molecular formula is C10H13BClNO4. The Balaban J connectivity index is 2.98. The normalized spacial score (nSPS) is 14.2. The molecule has 92 valence electrons. The number of nitrogens with two attached hydrogens (primary N) is 1. The van der Waals surface area contributed by atoms with Gasteiger partial charge in [0, 0.05) is 11.4 Å². The van der Waals surface area contributed by atoms with Crippen molar-refractivity contribution < 1.29 is 19.9 Å². The predicted molar refractivity (Wildman–Crippen MR) is 65.2 cm³/mol. The Bertz CT molecular complexity index is 436. The van der Waals surface area contributed by atoms with Gasteiger partial charge in [0.05, 0.1) is 0 Å². The van der Waals surface area contributed by atoms with Crippen LogP contribution in [0.25, 0.3) is 0 Å². The number of hydrogen-bond donors (Lipinski definition) is 4. The zero-order valence-corrected chi connectivity index (χ0v) is 9.98. The lowest BCUT2D eigenvalue weighted by Gasteiger charge is -2.20. The molecule has 0 amide bonds. The van der Waals surface area contributed by atoms with E-state index in [1.807, 2.05) is 0 Å². The molecule has 1 rings (SSSR count). The minimum atomic E-state index is -1.61. The quantitative estimate of drug-likeness (QED) is 0.538. The molecule has 0 aliphatic rings. The van der Waals surface area contributed by atoms with Crippen molar-refractivity contribution in [2.45, 2.75) is 18.9 Å². The van der Waals surface area contributed by atoms with Crippen LogP contribution < -0.4 is 11.2 Å². The summed E-state index contributed by atoms with van der Waals surface area (Å²) in [7, 11) is -1.61. The van der Waals surface area contributed by atoms with Gasteiger partial charge in [-0.25, -0.2) is 0 Å². The largest absolute Gasteiger partial charge is 0.488 e. The number of aliphatic carboxylic acids is 1. The van der Waals surface area contributed by atoms with Gasteiger partial charge in [-0.15, -0.1) is 0 Å². The highest BCUT2D eigenvalue weighted by atomic mass is 35.5. The van der Waals surface area contributed by atoms with E-state index in [0.717, 1.165) is 0 Å². The van der Waals surface area contributed by atoms with Crippen molar-refractivity contribution in [2.24, 2.45) is 5.73 Å². The first-order chi connectivity index (χ1) is 7.74. The summed E-state index contributed by atoms with van der Waals surface area (Å²) < 4.78 is 0. The van der Waals surface area contributed by atoms with Gasteiger partial charge in [-0.1, -0.05) is 23.7 Å². The molecule has 5 N–H and O–H groups in total. The summed E-state index contributed by atoms with van der Waals surface area (Å²) in [6.07, 6.45) is 0.0585. The molecule has 1 aromatic carbocycles. The Kier molecular flexibility index (Phi) is 4.16. The highest BCUT2D eigenvalue weighted by Gasteiger charge is 2.29. The van der Waals surface area contributed by atoms with Crippen molar-refractivity contribution in [2.75, 3.05) is 0 Å². The molecule has 0 aliphatic heterocycles. The minimum Gasteiger partial charge on any atom is -0.480 e. The zero-order valence-electron chi connectivity index (χ0n) is 9.22. The van der Waals surface area contributed by atoms with Crippen LogP contribution in [0.3, 0.4) is 0 Å². The van der Waals surface area contributed by atoms with E-state index in [1.54, 1.807) is 0 Å². The molecule has 0 bridgehead atoms. The van der Waals surface area contributed by atoms with Crippen LogP contribution in [0.1, 0.15) is 12.5 Å². The third-order valence-electron chi connectivity index (χ3n) is 2.42. The maximum Gasteiger partial charge on any atom is 0.488 e. The first-order valence-electron chi connectivity index (χ1n) is 4.91. The summed E-state index contributed by atoms with van der Waals surface area (Å²) in [6, 6.07) is 4.37. The molecule has 0 saturated carbocycles. The maximum absolute atomic E-state index is 10.9. The van der Waals surface area contributed by atoms with Gasteiger partial charge >= 0.3 is 13.1 Å². The third kappa shape index (κ3) is 3.44. The van der Waals surface area contributed by atoms with Crippen LogP contribution in [-0.2, 0) is 11.2 Å². The first-order valence-corrected chi connectivity index (χ1v) is 5.28. The van der Waals surface area contributed by atoms with Gasteiger partial charge in [-0.2, -0.15) is 0 Å². The lowest BCUT2D eigenvalue weighted by atomic mass is 9.79. The third-order valence-corrected chi connectivity index (χ3v) is 2.77. The van der Waals surface area contributed by atoms with Crippen molar-refractivity contribution >= 4 is 30.2 Å². The molecular weight excluding hydrogens is 244 g/mol. The average molecular weight is 257 g/mol. The van der Waals surface area contributed by atoms with E-state index in [1.165, 1.54) is 25.1 Å². The second kappa shape index (κ2) is 5.06. The van der Waals surface area contributed by atoms with Crippen molar-refractivity contribution in [3.63, 3.8) is 0 Å². The Morgan fingerprint density at radius 2 is 2.12 bits per heavy atom. The fraction of sp³-hybridized carbons (Fsp3) is 0.300. The van der Waals surface area contributed by atoms with Crippen LogP contribution in [0.2, 0.25) is 5.02 Å². The Morgan fingerprint density at radius 1 is 1.53 bits per heavy atom. The molecule has 0 saturated heterocycles. The summed E-state index contributed by atoms with van der Waals surface area (Å²) in [5.74, 6) is -1.13. The molecule has 0 heterocycles. The second-order valence-corrected chi connectivity index (χ2v) is 4.53. The topological polar surface area (TPSA) is 104 Å². The molecule has 5 nitrogen and oxygen atoms in total. The van der Waals surface area contributed by atoms with E-state index < -0.39 is 18.6 Å². The van der Waals surface area contributed by atoms with Crippen molar-refractivity contribution in [3.8, 4) is 0 Å². The molecule has 0 aliphatic carbocycles. The van der Waals surface area contributed by atoms with Crippen LogP contribution in [0.4, 0.5) is 0 Å². The fourth-order valence-corrected chi connectivity index (χ4v) is 1.59. The van der Waals surface area contributed by atoms with Crippen molar-refractivity contribution in [1.29, 1.82) is 0 Å². The number of carboxylic acids is 1. The summed E-state index contributed by atoms with van der Waals surface area (Å²) in [4.78, 5) is 10.9. The van der Waals surface area contributed by atoms with E-state index in [4.69, 9.17) is 32.5 Å². The molecule has 0 aromatic heterocycles. The lowest BCUT2D eigenvalue weighted by molar-refractivity contribution is -0.142. The molecule has 7 heteroatoms. The van der Waals surface area contributed by atoms with Crippen molar-refractivity contribution in [1.82, 2.24) is 0 Å². The van der Waals surface area contributed by atoms with Gasteiger partial charge in [-0.05, 0) is 24.0 Å². The van der Waals surface area contributed by atoms with Crippen LogP contribution in [0, 0.1) is 0 Å². The summed E-state index contributed by atoms with van der Waals surface area (Å²) in [5, 5.41) is 27.0. The predicted octanol–water partition coefficient (Wildman–Crippen LogP) is -0.636. The highest BCUT2D eigenvalue weighted by Crippen LogP contribution is 2.19. The summed E-state index contributed by atoms with van der Waals surface area (Å²) >= 11 is 5.91. The molecule has 0 fully saturated rings. The number of carboxylic acid groups (broad SMARTS) is 1. The van der Waals surface area contributed by atoms with E-state index in [0.29, 0.717) is 5.56 Å². The molecule has 1 aromatic rings. The van der Waals surface area contributed by atoms with Crippen LogP contribution >= 0.6 is 11.6 Å². The standard InChI is InChI=1S/C10H13BClNO4/c1-10(13,9(14)15)5-6-2-3-7(11(16)17)4-8(6)12/h2-4,16-17H,5,13H2,1H3,(H,14,15)/t10-/m0/s1. The SMILES string of the molecule is C[C@](N)(Cc1ccc(B(O)O)cc1Cl)C(=O)O. The molecule has 1 atom stereocenters. The Labute approximate surface area is 104 Å². The van der Waals surface area contributed by atoms with Crippen LogP contribution in [0.5, 0.6) is 0 Å².